The van der Waals surface area contributed by atoms with Gasteiger partial charge in [-0.15, -0.1) is 0 Å². The van der Waals surface area contributed by atoms with Crippen LogP contribution in [0.2, 0.25) is 0 Å². The van der Waals surface area contributed by atoms with E-state index in [-0.39, 0.29) is 0 Å². The van der Waals surface area contributed by atoms with Gasteiger partial charge in [0, 0.05) is 6.20 Å². The highest BCUT2D eigenvalue weighted by Crippen LogP contribution is 2.21. The van der Waals surface area contributed by atoms with Crippen LogP contribution in [0.5, 0.6) is 0 Å². The SMILES string of the molecule is CC(C)(C)c1cc(F)c(=O)n(CC(F)F)c1. The molecule has 1 aromatic heterocycles. The van der Waals surface area contributed by atoms with Crippen molar-refractivity contribution in [3.63, 3.8) is 0 Å². The van der Waals surface area contributed by atoms with E-state index in [0.29, 0.717) is 5.56 Å². The summed E-state index contributed by atoms with van der Waals surface area (Å²) in [5, 5.41) is 0. The number of hydrogen-bond donors (Lipinski definition) is 0. The fourth-order valence-corrected chi connectivity index (χ4v) is 1.29. The lowest BCUT2D eigenvalue weighted by atomic mass is 9.88. The maximum absolute atomic E-state index is 13.2. The van der Waals surface area contributed by atoms with Crippen molar-refractivity contribution in [2.45, 2.75) is 39.2 Å². The summed E-state index contributed by atoms with van der Waals surface area (Å²) >= 11 is 0. The Balaban J connectivity index is 3.28. The Morgan fingerprint density at radius 2 is 1.94 bits per heavy atom. The minimum atomic E-state index is -2.67. The van der Waals surface area contributed by atoms with E-state index in [1.54, 1.807) is 0 Å². The molecule has 0 N–H and O–H groups in total. The topological polar surface area (TPSA) is 22.0 Å². The van der Waals surface area contributed by atoms with Gasteiger partial charge >= 0.3 is 0 Å². The Bertz CT molecular complexity index is 432. The lowest BCUT2D eigenvalue weighted by Gasteiger charge is -2.20. The number of hydrogen-bond acceptors (Lipinski definition) is 1. The zero-order valence-corrected chi connectivity index (χ0v) is 9.43. The first-order chi connectivity index (χ1) is 7.21. The van der Waals surface area contributed by atoms with E-state index < -0.39 is 29.8 Å². The minimum Gasteiger partial charge on any atom is -0.307 e. The van der Waals surface area contributed by atoms with Crippen molar-refractivity contribution in [1.29, 1.82) is 0 Å². The Morgan fingerprint density at radius 1 is 1.38 bits per heavy atom. The van der Waals surface area contributed by atoms with E-state index in [1.165, 1.54) is 6.20 Å². The van der Waals surface area contributed by atoms with Crippen LogP contribution in [-0.2, 0) is 12.0 Å². The van der Waals surface area contributed by atoms with Gasteiger partial charge in [-0.25, -0.2) is 13.2 Å². The molecule has 90 valence electrons. The standard InChI is InChI=1S/C11H14F3NO/c1-11(2,3)7-4-8(12)10(16)15(5-7)6-9(13)14/h4-5,9H,6H2,1-3H3. The Hall–Kier alpha value is -1.26. The molecule has 2 nitrogen and oxygen atoms in total. The van der Waals surface area contributed by atoms with Gasteiger partial charge < -0.3 is 4.57 Å². The molecule has 5 heteroatoms. The third-order valence-electron chi connectivity index (χ3n) is 2.24. The largest absolute Gasteiger partial charge is 0.307 e. The molecule has 0 aliphatic heterocycles. The summed E-state index contributed by atoms with van der Waals surface area (Å²) in [6, 6.07) is 1.10. The van der Waals surface area contributed by atoms with E-state index in [4.69, 9.17) is 0 Å². The number of halogens is 3. The van der Waals surface area contributed by atoms with E-state index >= 15 is 0 Å². The normalized spacial score (nSPS) is 12.2. The molecule has 1 aromatic rings. The fraction of sp³-hybridized carbons (Fsp3) is 0.545. The second kappa shape index (κ2) is 4.31. The number of nitrogens with zero attached hydrogens (tertiary/aromatic N) is 1. The molecule has 0 unspecified atom stereocenters. The first-order valence-electron chi connectivity index (χ1n) is 4.90. The second-order valence-corrected chi connectivity index (χ2v) is 4.68. The summed E-state index contributed by atoms with van der Waals surface area (Å²) in [4.78, 5) is 11.2. The van der Waals surface area contributed by atoms with Crippen LogP contribution in [0.25, 0.3) is 0 Å². The van der Waals surface area contributed by atoms with Crippen molar-refractivity contribution in [2.75, 3.05) is 0 Å². The fourth-order valence-electron chi connectivity index (χ4n) is 1.29. The predicted octanol–water partition coefficient (Wildman–Crippen LogP) is 2.55. The number of alkyl halides is 2. The molecule has 0 amide bonds. The van der Waals surface area contributed by atoms with E-state index in [0.717, 1.165) is 10.6 Å². The molecule has 0 aliphatic carbocycles. The number of rotatable bonds is 2. The molecular weight excluding hydrogens is 219 g/mol. The molecule has 0 radical (unpaired) electrons. The van der Waals surface area contributed by atoms with E-state index in [1.807, 2.05) is 20.8 Å². The maximum atomic E-state index is 13.2. The Kier molecular flexibility index (Phi) is 3.45. The third kappa shape index (κ3) is 2.87. The summed E-state index contributed by atoms with van der Waals surface area (Å²) in [5.41, 5.74) is -0.878. The summed E-state index contributed by atoms with van der Waals surface area (Å²) in [7, 11) is 0. The smallest absolute Gasteiger partial charge is 0.286 e. The molecule has 0 saturated heterocycles. The molecule has 1 heterocycles. The van der Waals surface area contributed by atoms with Crippen LogP contribution in [0.3, 0.4) is 0 Å². The van der Waals surface area contributed by atoms with Crippen molar-refractivity contribution >= 4 is 0 Å². The Morgan fingerprint density at radius 3 is 2.38 bits per heavy atom. The van der Waals surface area contributed by atoms with Gasteiger partial charge in [-0.2, -0.15) is 0 Å². The molecule has 16 heavy (non-hydrogen) atoms. The second-order valence-electron chi connectivity index (χ2n) is 4.68. The lowest BCUT2D eigenvalue weighted by molar-refractivity contribution is 0.124. The maximum Gasteiger partial charge on any atom is 0.286 e. The number of pyridine rings is 1. The van der Waals surface area contributed by atoms with Crippen LogP contribution in [-0.4, -0.2) is 11.0 Å². The highest BCUT2D eigenvalue weighted by Gasteiger charge is 2.18. The highest BCUT2D eigenvalue weighted by atomic mass is 19.3. The molecule has 0 spiro atoms. The van der Waals surface area contributed by atoms with Gasteiger partial charge in [-0.05, 0) is 17.0 Å². The van der Waals surface area contributed by atoms with Gasteiger partial charge in [-0.1, -0.05) is 20.8 Å². The van der Waals surface area contributed by atoms with Gasteiger partial charge in [0.05, 0.1) is 6.54 Å². The molecule has 0 fully saturated rings. The van der Waals surface area contributed by atoms with Gasteiger partial charge in [-0.3, -0.25) is 4.79 Å². The molecule has 1 rings (SSSR count). The zero-order chi connectivity index (χ0) is 12.5. The summed E-state index contributed by atoms with van der Waals surface area (Å²) in [6.07, 6.45) is -1.38. The molecule has 0 aromatic carbocycles. The van der Waals surface area contributed by atoms with Crippen molar-refractivity contribution < 1.29 is 13.2 Å². The Labute approximate surface area is 91.7 Å². The molecule has 0 aliphatic rings. The van der Waals surface area contributed by atoms with Gasteiger partial charge in [0.2, 0.25) is 0 Å². The summed E-state index contributed by atoms with van der Waals surface area (Å²) in [6.45, 7) is 4.68. The zero-order valence-electron chi connectivity index (χ0n) is 9.43. The lowest BCUT2D eigenvalue weighted by Crippen LogP contribution is -2.28. The molecule has 0 saturated carbocycles. The first-order valence-corrected chi connectivity index (χ1v) is 4.90. The number of aromatic nitrogens is 1. The van der Waals surface area contributed by atoms with Gasteiger partial charge in [0.1, 0.15) is 0 Å². The highest BCUT2D eigenvalue weighted by molar-refractivity contribution is 5.20. The van der Waals surface area contributed by atoms with Crippen LogP contribution in [0.4, 0.5) is 13.2 Å². The van der Waals surface area contributed by atoms with Gasteiger partial charge in [0.15, 0.2) is 5.82 Å². The predicted molar refractivity (Wildman–Crippen MR) is 55.4 cm³/mol. The third-order valence-corrected chi connectivity index (χ3v) is 2.24. The van der Waals surface area contributed by atoms with Crippen LogP contribution < -0.4 is 5.56 Å². The average molecular weight is 233 g/mol. The van der Waals surface area contributed by atoms with Crippen molar-refractivity contribution in [3.05, 3.63) is 34.0 Å². The minimum absolute atomic E-state index is 0.390. The first kappa shape index (κ1) is 12.8. The van der Waals surface area contributed by atoms with Crippen LogP contribution >= 0.6 is 0 Å². The molecular formula is C11H14F3NO. The monoisotopic (exact) mass is 233 g/mol. The van der Waals surface area contributed by atoms with E-state index in [9.17, 15) is 18.0 Å². The van der Waals surface area contributed by atoms with Crippen molar-refractivity contribution in [1.82, 2.24) is 4.57 Å². The van der Waals surface area contributed by atoms with Crippen LogP contribution in [0.15, 0.2) is 17.1 Å². The summed E-state index contributed by atoms with van der Waals surface area (Å²) < 4.78 is 38.3. The molecule has 0 atom stereocenters. The quantitative estimate of drug-likeness (QED) is 0.769. The van der Waals surface area contributed by atoms with E-state index in [2.05, 4.69) is 0 Å². The summed E-state index contributed by atoms with van der Waals surface area (Å²) in [5.74, 6) is -0.993. The van der Waals surface area contributed by atoms with Crippen LogP contribution in [0, 0.1) is 5.82 Å². The van der Waals surface area contributed by atoms with Gasteiger partial charge in [0.25, 0.3) is 12.0 Å². The van der Waals surface area contributed by atoms with Crippen LogP contribution in [0.1, 0.15) is 26.3 Å². The van der Waals surface area contributed by atoms with Crippen molar-refractivity contribution in [2.24, 2.45) is 0 Å². The molecule has 0 bridgehead atoms. The average Bonchev–Trinajstić information content (AvgIpc) is 2.10. The van der Waals surface area contributed by atoms with Crippen molar-refractivity contribution in [3.8, 4) is 0 Å².